The summed E-state index contributed by atoms with van der Waals surface area (Å²) >= 11 is 0. The van der Waals surface area contributed by atoms with Crippen LogP contribution in [0.15, 0.2) is 47.7 Å². The lowest BCUT2D eigenvalue weighted by Gasteiger charge is -2.34. The van der Waals surface area contributed by atoms with Crippen LogP contribution in [0.25, 0.3) is 0 Å². The summed E-state index contributed by atoms with van der Waals surface area (Å²) in [7, 11) is 4.64. The number of nitrogens with one attached hydrogen (secondary N) is 1. The molecule has 1 heterocycles. The van der Waals surface area contributed by atoms with Crippen LogP contribution in [-0.2, 0) is 9.59 Å². The van der Waals surface area contributed by atoms with Crippen molar-refractivity contribution in [2.75, 3.05) is 27.9 Å². The molecule has 0 fully saturated rings. The number of hydrogen-bond acceptors (Lipinski definition) is 6. The molecule has 1 aliphatic carbocycles. The summed E-state index contributed by atoms with van der Waals surface area (Å²) < 4.78 is 21.9. The number of carbonyl (C=O) groups excluding carboxylic acids is 2. The second-order valence-corrected chi connectivity index (χ2v) is 8.19. The lowest BCUT2D eigenvalue weighted by Crippen LogP contribution is -2.38. The monoisotopic (exact) mass is 451 g/mol. The topological polar surface area (TPSA) is 83.1 Å². The Bertz CT molecular complexity index is 1060. The third-order valence-corrected chi connectivity index (χ3v) is 6.29. The molecule has 2 aromatic rings. The van der Waals surface area contributed by atoms with Crippen LogP contribution in [0.4, 0.5) is 0 Å². The second kappa shape index (κ2) is 9.57. The number of ketones is 1. The molecule has 1 amide bonds. The smallest absolute Gasteiger partial charge is 0.225 e. The fourth-order valence-electron chi connectivity index (χ4n) is 4.79. The van der Waals surface area contributed by atoms with E-state index in [1.165, 1.54) is 0 Å². The summed E-state index contributed by atoms with van der Waals surface area (Å²) in [6.45, 7) is 2.55. The lowest BCUT2D eigenvalue weighted by molar-refractivity contribution is -0.122. The van der Waals surface area contributed by atoms with Crippen molar-refractivity contribution >= 4 is 11.7 Å². The number of methoxy groups -OCH3 is 3. The summed E-state index contributed by atoms with van der Waals surface area (Å²) in [5.41, 5.74) is 3.23. The first kappa shape index (κ1) is 22.7. The summed E-state index contributed by atoms with van der Waals surface area (Å²) in [5.74, 6) is 1.86. The van der Waals surface area contributed by atoms with Gasteiger partial charge in [-0.3, -0.25) is 9.59 Å². The molecule has 0 radical (unpaired) electrons. The molecule has 7 nitrogen and oxygen atoms in total. The van der Waals surface area contributed by atoms with Crippen molar-refractivity contribution in [3.05, 3.63) is 58.8 Å². The van der Waals surface area contributed by atoms with Gasteiger partial charge in [0.1, 0.15) is 5.75 Å². The van der Waals surface area contributed by atoms with Gasteiger partial charge < -0.3 is 24.3 Å². The van der Waals surface area contributed by atoms with Crippen LogP contribution in [0.5, 0.6) is 23.0 Å². The summed E-state index contributed by atoms with van der Waals surface area (Å²) in [6.07, 6.45) is 1.18. The first-order valence-electron chi connectivity index (χ1n) is 11.1. The van der Waals surface area contributed by atoms with Crippen LogP contribution in [0.1, 0.15) is 49.1 Å². The zero-order valence-electron chi connectivity index (χ0n) is 19.4. The Balaban J connectivity index is 1.70. The maximum absolute atomic E-state index is 13.4. The molecule has 0 spiro atoms. The van der Waals surface area contributed by atoms with E-state index in [0.717, 1.165) is 16.9 Å². The first-order chi connectivity index (χ1) is 16.0. The molecule has 2 aliphatic rings. The van der Waals surface area contributed by atoms with Crippen LogP contribution in [0.2, 0.25) is 0 Å². The zero-order chi connectivity index (χ0) is 23.5. The molecule has 4 rings (SSSR count). The van der Waals surface area contributed by atoms with Crippen molar-refractivity contribution in [3.63, 3.8) is 0 Å². The molecule has 2 aromatic carbocycles. The molecule has 33 heavy (non-hydrogen) atoms. The number of amides is 1. The highest BCUT2D eigenvalue weighted by atomic mass is 16.5. The van der Waals surface area contributed by atoms with E-state index in [-0.39, 0.29) is 29.9 Å². The van der Waals surface area contributed by atoms with Gasteiger partial charge in [0.15, 0.2) is 17.3 Å². The third kappa shape index (κ3) is 4.40. The number of Topliss-reactive ketones (excluding diaryl/α,β-unsaturated/α-hetero) is 1. The van der Waals surface area contributed by atoms with Crippen LogP contribution in [0.3, 0.4) is 0 Å². The average molecular weight is 452 g/mol. The van der Waals surface area contributed by atoms with Gasteiger partial charge in [-0.1, -0.05) is 12.1 Å². The van der Waals surface area contributed by atoms with Gasteiger partial charge in [0, 0.05) is 30.0 Å². The molecule has 0 bridgehead atoms. The van der Waals surface area contributed by atoms with Gasteiger partial charge in [0.05, 0.1) is 27.9 Å². The van der Waals surface area contributed by atoms with Gasteiger partial charge >= 0.3 is 0 Å². The largest absolute Gasteiger partial charge is 0.494 e. The Kier molecular flexibility index (Phi) is 6.58. The number of allylic oxidation sites excluding steroid dienone is 2. The third-order valence-electron chi connectivity index (χ3n) is 6.29. The van der Waals surface area contributed by atoms with E-state index in [1.54, 1.807) is 21.3 Å². The molecule has 1 N–H and O–H groups in total. The highest BCUT2D eigenvalue weighted by Gasteiger charge is 2.38. The Labute approximate surface area is 193 Å². The van der Waals surface area contributed by atoms with Gasteiger partial charge in [0.25, 0.3) is 0 Å². The lowest BCUT2D eigenvalue weighted by atomic mass is 9.73. The second-order valence-electron chi connectivity index (χ2n) is 8.19. The van der Waals surface area contributed by atoms with Crippen molar-refractivity contribution in [2.45, 2.75) is 38.0 Å². The van der Waals surface area contributed by atoms with Crippen LogP contribution in [0, 0.1) is 0 Å². The predicted molar refractivity (Wildman–Crippen MR) is 123 cm³/mol. The van der Waals surface area contributed by atoms with Crippen molar-refractivity contribution < 1.29 is 28.5 Å². The molecule has 0 aromatic heterocycles. The fourth-order valence-corrected chi connectivity index (χ4v) is 4.79. The van der Waals surface area contributed by atoms with Gasteiger partial charge in [-0.05, 0) is 54.7 Å². The van der Waals surface area contributed by atoms with Crippen molar-refractivity contribution in [3.8, 4) is 23.0 Å². The van der Waals surface area contributed by atoms with E-state index in [9.17, 15) is 9.59 Å². The van der Waals surface area contributed by atoms with Gasteiger partial charge in [-0.2, -0.15) is 0 Å². The summed E-state index contributed by atoms with van der Waals surface area (Å²) in [6, 6.07) is 11.5. The van der Waals surface area contributed by atoms with Crippen LogP contribution < -0.4 is 24.3 Å². The number of carbonyl (C=O) groups is 2. The van der Waals surface area contributed by atoms with Gasteiger partial charge in [-0.15, -0.1) is 0 Å². The van der Waals surface area contributed by atoms with E-state index in [0.29, 0.717) is 48.0 Å². The van der Waals surface area contributed by atoms with Crippen molar-refractivity contribution in [1.82, 2.24) is 5.32 Å². The summed E-state index contributed by atoms with van der Waals surface area (Å²) in [4.78, 5) is 26.0. The average Bonchev–Trinajstić information content (AvgIpc) is 2.82. The van der Waals surface area contributed by atoms with Crippen molar-refractivity contribution in [2.24, 2.45) is 0 Å². The van der Waals surface area contributed by atoms with Crippen LogP contribution in [-0.4, -0.2) is 39.6 Å². The Morgan fingerprint density at radius 3 is 2.12 bits per heavy atom. The molecular formula is C26H29NO6. The SMILES string of the molecule is CCOc1ccc([C@H]2CC(=O)C3=C(C2)NC(=O)C[C@@H]3c2cc(OC)c(OC)c(OC)c2)cc1. The Morgan fingerprint density at radius 2 is 1.55 bits per heavy atom. The fraction of sp³-hybridized carbons (Fsp3) is 0.385. The predicted octanol–water partition coefficient (Wildman–Crippen LogP) is 4.12. The molecule has 0 saturated heterocycles. The van der Waals surface area contributed by atoms with Gasteiger partial charge in [-0.25, -0.2) is 0 Å². The number of benzene rings is 2. The summed E-state index contributed by atoms with van der Waals surface area (Å²) in [5, 5.41) is 2.97. The Morgan fingerprint density at radius 1 is 0.879 bits per heavy atom. The zero-order valence-corrected chi connectivity index (χ0v) is 19.4. The minimum Gasteiger partial charge on any atom is -0.494 e. The molecule has 174 valence electrons. The highest BCUT2D eigenvalue weighted by Crippen LogP contribution is 2.46. The van der Waals surface area contributed by atoms with Gasteiger partial charge in [0.2, 0.25) is 11.7 Å². The van der Waals surface area contributed by atoms with E-state index in [1.807, 2.05) is 43.3 Å². The van der Waals surface area contributed by atoms with E-state index in [2.05, 4.69) is 5.32 Å². The maximum atomic E-state index is 13.4. The molecular weight excluding hydrogens is 422 g/mol. The van der Waals surface area contributed by atoms with E-state index >= 15 is 0 Å². The Hall–Kier alpha value is -3.48. The standard InChI is InChI=1S/C26H29NO6/c1-5-33-18-8-6-15(7-9-18)16-10-20-25(21(28)11-16)19(14-24(29)27-20)17-12-22(30-2)26(32-4)23(13-17)31-3/h6-9,12-13,16,19H,5,10-11,14H2,1-4H3,(H,27,29)/t16-,19-/m1/s1. The minimum absolute atomic E-state index is 0.00548. The minimum atomic E-state index is -0.365. The van der Waals surface area contributed by atoms with Crippen molar-refractivity contribution in [1.29, 1.82) is 0 Å². The molecule has 2 atom stereocenters. The highest BCUT2D eigenvalue weighted by molar-refractivity contribution is 6.02. The molecule has 0 unspecified atom stereocenters. The van der Waals surface area contributed by atoms with E-state index < -0.39 is 0 Å². The number of ether oxygens (including phenoxy) is 4. The first-order valence-corrected chi connectivity index (χ1v) is 11.1. The number of hydrogen-bond donors (Lipinski definition) is 1. The van der Waals surface area contributed by atoms with Crippen LogP contribution >= 0.6 is 0 Å². The maximum Gasteiger partial charge on any atom is 0.225 e. The van der Waals surface area contributed by atoms with E-state index in [4.69, 9.17) is 18.9 Å². The number of rotatable bonds is 7. The molecule has 1 aliphatic heterocycles. The molecule has 7 heteroatoms. The quantitative estimate of drug-likeness (QED) is 0.682. The normalized spacial score (nSPS) is 20.1. The molecule has 0 saturated carbocycles.